The van der Waals surface area contributed by atoms with Gasteiger partial charge in [0.1, 0.15) is 12.1 Å². The van der Waals surface area contributed by atoms with Gasteiger partial charge in [-0.3, -0.25) is 0 Å². The van der Waals surface area contributed by atoms with Gasteiger partial charge in [-0.1, -0.05) is 12.1 Å². The molecule has 3 aromatic rings. The summed E-state index contributed by atoms with van der Waals surface area (Å²) in [5.41, 5.74) is 2.20. The number of benzene rings is 1. The van der Waals surface area contributed by atoms with E-state index in [4.69, 9.17) is 0 Å². The van der Waals surface area contributed by atoms with E-state index in [9.17, 15) is 0 Å². The molecule has 2 heterocycles. The Labute approximate surface area is 122 Å². The topological polar surface area (TPSA) is 41.9 Å². The number of rotatable bonds is 4. The van der Waals surface area contributed by atoms with Gasteiger partial charge in [0.25, 0.3) is 0 Å². The fourth-order valence-corrected chi connectivity index (χ4v) is 2.91. The Kier molecular flexibility index (Phi) is 3.60. The zero-order chi connectivity index (χ0) is 13.9. The average Bonchev–Trinajstić information content (AvgIpc) is 2.98. The highest BCUT2D eigenvalue weighted by Gasteiger charge is 2.10. The zero-order valence-electron chi connectivity index (χ0n) is 11.6. The molecule has 2 aromatic heterocycles. The van der Waals surface area contributed by atoms with E-state index in [1.54, 1.807) is 17.7 Å². The molecule has 4 nitrogen and oxygen atoms in total. The summed E-state index contributed by atoms with van der Waals surface area (Å²) in [6.45, 7) is 3.00. The van der Waals surface area contributed by atoms with E-state index < -0.39 is 0 Å². The zero-order valence-corrected chi connectivity index (χ0v) is 12.4. The summed E-state index contributed by atoms with van der Waals surface area (Å²) in [5.74, 6) is 0.990. The molecule has 0 aliphatic heterocycles. The highest BCUT2D eigenvalue weighted by Crippen LogP contribution is 2.25. The first kappa shape index (κ1) is 13.0. The number of nitrogens with zero attached hydrogens (tertiary/aromatic N) is 4. The Morgan fingerprint density at radius 3 is 2.90 bits per heavy atom. The van der Waals surface area contributed by atoms with Gasteiger partial charge in [0.15, 0.2) is 0 Å². The van der Waals surface area contributed by atoms with Gasteiger partial charge in [0.05, 0.1) is 10.5 Å². The molecule has 0 saturated heterocycles. The molecule has 0 amide bonds. The minimum Gasteiger partial charge on any atom is -0.359 e. The van der Waals surface area contributed by atoms with Crippen LogP contribution >= 0.6 is 11.3 Å². The van der Waals surface area contributed by atoms with Crippen molar-refractivity contribution < 1.29 is 0 Å². The van der Waals surface area contributed by atoms with Gasteiger partial charge in [-0.25, -0.2) is 15.0 Å². The molecule has 1 aromatic carbocycles. The highest BCUT2D eigenvalue weighted by atomic mass is 32.1. The third-order valence-electron chi connectivity index (χ3n) is 3.36. The lowest BCUT2D eigenvalue weighted by molar-refractivity contribution is 0.855. The van der Waals surface area contributed by atoms with E-state index in [-0.39, 0.29) is 0 Å². The van der Waals surface area contributed by atoms with E-state index in [0.29, 0.717) is 0 Å². The van der Waals surface area contributed by atoms with Crippen molar-refractivity contribution in [2.75, 3.05) is 18.5 Å². The summed E-state index contributed by atoms with van der Waals surface area (Å²) in [6, 6.07) is 6.16. The first-order valence-electron chi connectivity index (χ1n) is 6.55. The van der Waals surface area contributed by atoms with Crippen LogP contribution in [-0.2, 0) is 6.42 Å². The molecule has 102 valence electrons. The third kappa shape index (κ3) is 2.49. The van der Waals surface area contributed by atoms with Crippen LogP contribution in [0.25, 0.3) is 10.9 Å². The van der Waals surface area contributed by atoms with Crippen molar-refractivity contribution in [3.05, 3.63) is 46.7 Å². The molecule has 0 unspecified atom stereocenters. The van der Waals surface area contributed by atoms with Crippen molar-refractivity contribution in [1.82, 2.24) is 15.0 Å². The second kappa shape index (κ2) is 5.54. The van der Waals surface area contributed by atoms with Gasteiger partial charge in [0.2, 0.25) is 0 Å². The Balaban J connectivity index is 1.89. The van der Waals surface area contributed by atoms with Crippen molar-refractivity contribution in [3.8, 4) is 0 Å². The smallest absolute Gasteiger partial charge is 0.139 e. The fraction of sp³-hybridized carbons (Fsp3) is 0.267. The largest absolute Gasteiger partial charge is 0.359 e. The molecule has 0 fully saturated rings. The molecule has 0 atom stereocenters. The van der Waals surface area contributed by atoms with Crippen LogP contribution in [0.3, 0.4) is 0 Å². The van der Waals surface area contributed by atoms with Crippen LogP contribution in [0.4, 0.5) is 5.82 Å². The van der Waals surface area contributed by atoms with Crippen molar-refractivity contribution in [2.24, 2.45) is 0 Å². The van der Waals surface area contributed by atoms with Gasteiger partial charge < -0.3 is 4.90 Å². The second-order valence-corrected chi connectivity index (χ2v) is 5.74. The first-order valence-corrected chi connectivity index (χ1v) is 7.43. The number of hydrogen-bond donors (Lipinski definition) is 0. The maximum absolute atomic E-state index is 4.47. The molecule has 0 bridgehead atoms. The molecule has 3 rings (SSSR count). The number of aryl methyl sites for hydroxylation is 1. The predicted molar refractivity (Wildman–Crippen MR) is 83.4 cm³/mol. The molecule has 20 heavy (non-hydrogen) atoms. The van der Waals surface area contributed by atoms with E-state index in [1.165, 1.54) is 5.56 Å². The van der Waals surface area contributed by atoms with Gasteiger partial charge in [0, 0.05) is 37.0 Å². The highest BCUT2D eigenvalue weighted by molar-refractivity contribution is 7.09. The Bertz CT molecular complexity index is 704. The summed E-state index contributed by atoms with van der Waals surface area (Å²) < 4.78 is 0. The summed E-state index contributed by atoms with van der Waals surface area (Å²) >= 11 is 1.70. The third-order valence-corrected chi connectivity index (χ3v) is 4.20. The van der Waals surface area contributed by atoms with Crippen LogP contribution in [-0.4, -0.2) is 28.5 Å². The van der Waals surface area contributed by atoms with E-state index >= 15 is 0 Å². The summed E-state index contributed by atoms with van der Waals surface area (Å²) in [4.78, 5) is 15.3. The summed E-state index contributed by atoms with van der Waals surface area (Å²) in [6.07, 6.45) is 4.42. The lowest BCUT2D eigenvalue weighted by Gasteiger charge is -2.19. The summed E-state index contributed by atoms with van der Waals surface area (Å²) in [7, 11) is 2.07. The number of fused-ring (bicyclic) bond motifs is 1. The number of likely N-dealkylation sites (N-methyl/N-ethyl adjacent to an activating group) is 1. The molecule has 0 N–H and O–H groups in total. The van der Waals surface area contributed by atoms with Crippen LogP contribution < -0.4 is 4.90 Å². The van der Waals surface area contributed by atoms with Crippen LogP contribution in [0.1, 0.15) is 10.6 Å². The van der Waals surface area contributed by atoms with Gasteiger partial charge in [-0.2, -0.15) is 0 Å². The quantitative estimate of drug-likeness (QED) is 0.738. The van der Waals surface area contributed by atoms with Gasteiger partial charge in [-0.05, 0) is 18.6 Å². The number of anilines is 1. The Hall–Kier alpha value is -2.01. The minimum atomic E-state index is 0.897. The van der Waals surface area contributed by atoms with Gasteiger partial charge in [-0.15, -0.1) is 11.3 Å². The van der Waals surface area contributed by atoms with Gasteiger partial charge >= 0.3 is 0 Å². The molecular formula is C15H16N4S. The van der Waals surface area contributed by atoms with Crippen LogP contribution in [0.2, 0.25) is 0 Å². The Morgan fingerprint density at radius 2 is 2.10 bits per heavy atom. The lowest BCUT2D eigenvalue weighted by atomic mass is 10.1. The van der Waals surface area contributed by atoms with Crippen molar-refractivity contribution in [2.45, 2.75) is 13.3 Å². The predicted octanol–water partition coefficient (Wildman–Crippen LogP) is 3.07. The van der Waals surface area contributed by atoms with E-state index in [2.05, 4.69) is 39.9 Å². The molecule has 0 aliphatic rings. The number of thiazole rings is 1. The second-order valence-electron chi connectivity index (χ2n) is 4.76. The minimum absolute atomic E-state index is 0.897. The molecule has 0 radical (unpaired) electrons. The molecule has 0 aliphatic carbocycles. The maximum atomic E-state index is 4.47. The number of hydrogen-bond acceptors (Lipinski definition) is 5. The Morgan fingerprint density at radius 1 is 1.20 bits per heavy atom. The van der Waals surface area contributed by atoms with Crippen molar-refractivity contribution in [3.63, 3.8) is 0 Å². The van der Waals surface area contributed by atoms with Crippen molar-refractivity contribution >= 4 is 28.1 Å². The monoisotopic (exact) mass is 284 g/mol. The molecule has 5 heteroatoms. The number of aromatic nitrogens is 3. The van der Waals surface area contributed by atoms with E-state index in [1.807, 2.05) is 23.7 Å². The molecule has 0 spiro atoms. The SMILES string of the molecule is Cc1cccc2ncnc(N(C)CCc3nccs3)c12. The first-order chi connectivity index (χ1) is 9.75. The maximum Gasteiger partial charge on any atom is 0.139 e. The van der Waals surface area contributed by atoms with Crippen molar-refractivity contribution in [1.29, 1.82) is 0 Å². The average molecular weight is 284 g/mol. The standard InChI is InChI=1S/C15H16N4S/c1-11-4-3-5-12-14(11)15(18-10-17-12)19(2)8-6-13-16-7-9-20-13/h3-5,7,9-10H,6,8H2,1-2H3. The summed E-state index contributed by atoms with van der Waals surface area (Å²) in [5, 5.41) is 4.31. The lowest BCUT2D eigenvalue weighted by Crippen LogP contribution is -2.22. The van der Waals surface area contributed by atoms with Crippen LogP contribution in [0.15, 0.2) is 36.1 Å². The normalized spacial score (nSPS) is 10.9. The fourth-order valence-electron chi connectivity index (χ4n) is 2.30. The molecule has 0 saturated carbocycles. The van der Waals surface area contributed by atoms with E-state index in [0.717, 1.165) is 34.7 Å². The van der Waals surface area contributed by atoms with Crippen LogP contribution in [0.5, 0.6) is 0 Å². The molecular weight excluding hydrogens is 268 g/mol. The van der Waals surface area contributed by atoms with Crippen LogP contribution in [0, 0.1) is 6.92 Å².